The van der Waals surface area contributed by atoms with Crippen molar-refractivity contribution >= 4 is 16.8 Å². The molecule has 0 saturated heterocycles. The summed E-state index contributed by atoms with van der Waals surface area (Å²) in [6.07, 6.45) is 0. The van der Waals surface area contributed by atoms with Crippen LogP contribution in [0.4, 0.5) is 0 Å². The van der Waals surface area contributed by atoms with Gasteiger partial charge >= 0.3 is 0 Å². The number of carbonyl (C=O) groups is 1. The molecule has 1 aromatic heterocycles. The summed E-state index contributed by atoms with van der Waals surface area (Å²) in [6, 6.07) is 11.9. The predicted octanol–water partition coefficient (Wildman–Crippen LogP) is 4.90. The van der Waals surface area contributed by atoms with E-state index in [1.807, 2.05) is 64.1 Å². The first kappa shape index (κ1) is 13.6. The van der Waals surface area contributed by atoms with Crippen molar-refractivity contribution in [2.24, 2.45) is 0 Å². The first-order valence-electron chi connectivity index (χ1n) is 7.09. The van der Waals surface area contributed by atoms with E-state index in [-0.39, 0.29) is 5.78 Å². The van der Waals surface area contributed by atoms with Gasteiger partial charge in [0.05, 0.1) is 0 Å². The molecule has 3 rings (SSSR count). The lowest BCUT2D eigenvalue weighted by molar-refractivity contribution is 0.101. The Labute approximate surface area is 124 Å². The Morgan fingerprint density at radius 2 is 1.57 bits per heavy atom. The van der Waals surface area contributed by atoms with Crippen LogP contribution in [0.5, 0.6) is 0 Å². The van der Waals surface area contributed by atoms with Gasteiger partial charge in [-0.2, -0.15) is 0 Å². The van der Waals surface area contributed by atoms with E-state index in [2.05, 4.69) is 0 Å². The Bertz CT molecular complexity index is 853. The monoisotopic (exact) mass is 278 g/mol. The van der Waals surface area contributed by atoms with E-state index in [0.29, 0.717) is 11.3 Å². The van der Waals surface area contributed by atoms with Crippen molar-refractivity contribution in [3.05, 3.63) is 70.0 Å². The standard InChI is InChI=1S/C19H18O2/c1-11-5-7-15(13(3)9-11)18(20)19-14(4)16-8-6-12(2)10-17(16)21-19/h5-10H,1-4H3. The van der Waals surface area contributed by atoms with Crippen molar-refractivity contribution in [1.29, 1.82) is 0 Å². The molecule has 0 aliphatic rings. The van der Waals surface area contributed by atoms with Crippen molar-refractivity contribution in [3.63, 3.8) is 0 Å². The van der Waals surface area contributed by atoms with E-state index in [4.69, 9.17) is 4.42 Å². The summed E-state index contributed by atoms with van der Waals surface area (Å²) in [4.78, 5) is 12.8. The fourth-order valence-corrected chi connectivity index (χ4v) is 2.74. The van der Waals surface area contributed by atoms with Crippen LogP contribution in [-0.2, 0) is 0 Å². The summed E-state index contributed by atoms with van der Waals surface area (Å²) in [7, 11) is 0. The SMILES string of the molecule is Cc1ccc(C(=O)c2oc3cc(C)ccc3c2C)c(C)c1. The second-order valence-corrected chi connectivity index (χ2v) is 5.70. The van der Waals surface area contributed by atoms with Crippen LogP contribution in [-0.4, -0.2) is 5.78 Å². The maximum Gasteiger partial charge on any atom is 0.228 e. The lowest BCUT2D eigenvalue weighted by Crippen LogP contribution is -2.04. The summed E-state index contributed by atoms with van der Waals surface area (Å²) < 4.78 is 5.83. The third kappa shape index (κ3) is 2.27. The molecule has 0 amide bonds. The molecule has 106 valence electrons. The fraction of sp³-hybridized carbons (Fsp3) is 0.211. The molecule has 0 radical (unpaired) electrons. The molecule has 0 atom stereocenters. The minimum Gasteiger partial charge on any atom is -0.452 e. The minimum atomic E-state index is -0.0427. The summed E-state index contributed by atoms with van der Waals surface area (Å²) >= 11 is 0. The normalized spacial score (nSPS) is 11.0. The summed E-state index contributed by atoms with van der Waals surface area (Å²) in [5.41, 5.74) is 5.66. The summed E-state index contributed by atoms with van der Waals surface area (Å²) in [6.45, 7) is 7.94. The largest absolute Gasteiger partial charge is 0.452 e. The quantitative estimate of drug-likeness (QED) is 0.624. The lowest BCUT2D eigenvalue weighted by atomic mass is 9.99. The molecular weight excluding hydrogens is 260 g/mol. The Morgan fingerprint density at radius 3 is 2.29 bits per heavy atom. The average Bonchev–Trinajstić information content (AvgIpc) is 2.75. The second-order valence-electron chi connectivity index (χ2n) is 5.70. The van der Waals surface area contributed by atoms with Crippen LogP contribution in [0.3, 0.4) is 0 Å². The Morgan fingerprint density at radius 1 is 0.905 bits per heavy atom. The van der Waals surface area contributed by atoms with Crippen molar-refractivity contribution < 1.29 is 9.21 Å². The van der Waals surface area contributed by atoms with Crippen molar-refractivity contribution in [2.75, 3.05) is 0 Å². The highest BCUT2D eigenvalue weighted by Crippen LogP contribution is 2.28. The van der Waals surface area contributed by atoms with Crippen molar-refractivity contribution in [2.45, 2.75) is 27.7 Å². The van der Waals surface area contributed by atoms with Gasteiger partial charge in [0, 0.05) is 16.5 Å². The smallest absolute Gasteiger partial charge is 0.228 e. The first-order valence-corrected chi connectivity index (χ1v) is 7.09. The van der Waals surface area contributed by atoms with Gasteiger partial charge in [0.2, 0.25) is 5.78 Å². The molecule has 0 N–H and O–H groups in total. The van der Waals surface area contributed by atoms with Gasteiger partial charge in [0.15, 0.2) is 5.76 Å². The highest BCUT2D eigenvalue weighted by atomic mass is 16.3. The number of aryl methyl sites for hydroxylation is 4. The number of furan rings is 1. The molecule has 0 aliphatic heterocycles. The second kappa shape index (κ2) is 4.88. The molecule has 0 saturated carbocycles. The van der Waals surface area contributed by atoms with E-state index >= 15 is 0 Å². The molecule has 2 aromatic carbocycles. The molecule has 21 heavy (non-hydrogen) atoms. The average molecular weight is 278 g/mol. The van der Waals surface area contributed by atoms with Crippen molar-refractivity contribution in [1.82, 2.24) is 0 Å². The van der Waals surface area contributed by atoms with Crippen LogP contribution in [0.1, 0.15) is 38.4 Å². The highest BCUT2D eigenvalue weighted by molar-refractivity contribution is 6.11. The first-order chi connectivity index (χ1) is 9.97. The van der Waals surface area contributed by atoms with E-state index in [1.165, 1.54) is 0 Å². The number of carbonyl (C=O) groups excluding carboxylic acids is 1. The van der Waals surface area contributed by atoms with Crippen LogP contribution in [0.15, 0.2) is 40.8 Å². The number of benzene rings is 2. The summed E-state index contributed by atoms with van der Waals surface area (Å²) in [5.74, 6) is 0.404. The molecule has 0 bridgehead atoms. The molecule has 0 unspecified atom stereocenters. The van der Waals surface area contributed by atoms with Crippen LogP contribution < -0.4 is 0 Å². The minimum absolute atomic E-state index is 0.0427. The number of hydrogen-bond donors (Lipinski definition) is 0. The van der Waals surface area contributed by atoms with Crippen LogP contribution in [0.25, 0.3) is 11.0 Å². The molecule has 0 spiro atoms. The topological polar surface area (TPSA) is 30.2 Å². The van der Waals surface area contributed by atoms with Gasteiger partial charge in [-0.05, 0) is 44.9 Å². The zero-order chi connectivity index (χ0) is 15.1. The maximum absolute atomic E-state index is 12.8. The third-order valence-corrected chi connectivity index (χ3v) is 3.93. The third-order valence-electron chi connectivity index (χ3n) is 3.93. The number of fused-ring (bicyclic) bond motifs is 1. The molecule has 3 aromatic rings. The Hall–Kier alpha value is -2.35. The fourth-order valence-electron chi connectivity index (χ4n) is 2.74. The molecule has 2 nitrogen and oxygen atoms in total. The van der Waals surface area contributed by atoms with Gasteiger partial charge in [-0.1, -0.05) is 35.9 Å². The van der Waals surface area contributed by atoms with E-state index in [1.54, 1.807) is 0 Å². The van der Waals surface area contributed by atoms with Crippen molar-refractivity contribution in [3.8, 4) is 0 Å². The van der Waals surface area contributed by atoms with E-state index < -0.39 is 0 Å². The Kier molecular flexibility index (Phi) is 3.17. The van der Waals surface area contributed by atoms with E-state index in [0.717, 1.165) is 33.2 Å². The zero-order valence-corrected chi connectivity index (χ0v) is 12.8. The van der Waals surface area contributed by atoms with Crippen LogP contribution >= 0.6 is 0 Å². The number of rotatable bonds is 2. The molecule has 1 heterocycles. The Balaban J connectivity index is 2.15. The highest BCUT2D eigenvalue weighted by Gasteiger charge is 2.20. The zero-order valence-electron chi connectivity index (χ0n) is 12.8. The number of hydrogen-bond acceptors (Lipinski definition) is 2. The van der Waals surface area contributed by atoms with Gasteiger partial charge in [0.1, 0.15) is 5.58 Å². The maximum atomic E-state index is 12.8. The molecule has 0 fully saturated rings. The molecule has 0 aliphatic carbocycles. The van der Waals surface area contributed by atoms with Gasteiger partial charge in [-0.25, -0.2) is 0 Å². The van der Waals surface area contributed by atoms with Gasteiger partial charge in [-0.15, -0.1) is 0 Å². The molecular formula is C19H18O2. The van der Waals surface area contributed by atoms with Gasteiger partial charge in [0.25, 0.3) is 0 Å². The van der Waals surface area contributed by atoms with Crippen LogP contribution in [0.2, 0.25) is 0 Å². The van der Waals surface area contributed by atoms with Gasteiger partial charge < -0.3 is 4.42 Å². The lowest BCUT2D eigenvalue weighted by Gasteiger charge is -2.04. The van der Waals surface area contributed by atoms with Gasteiger partial charge in [-0.3, -0.25) is 4.79 Å². The predicted molar refractivity (Wildman–Crippen MR) is 85.0 cm³/mol. The summed E-state index contributed by atoms with van der Waals surface area (Å²) in [5, 5.41) is 1.01. The number of ketones is 1. The molecule has 2 heteroatoms. The van der Waals surface area contributed by atoms with Crippen LogP contribution in [0, 0.1) is 27.7 Å². The van der Waals surface area contributed by atoms with E-state index in [9.17, 15) is 4.79 Å².